The molecule has 98 valence electrons. The van der Waals surface area contributed by atoms with Gasteiger partial charge in [-0.25, -0.2) is 0 Å². The monoisotopic (exact) mass is 266 g/mol. The number of nitrogens with two attached hydrogens (primary N) is 1. The van der Waals surface area contributed by atoms with Crippen LogP contribution in [0.5, 0.6) is 0 Å². The molecule has 4 heteroatoms. The molecule has 0 saturated heterocycles. The molecule has 1 aliphatic rings. The third kappa shape index (κ3) is 3.16. The van der Waals surface area contributed by atoms with Crippen LogP contribution in [0.3, 0.4) is 0 Å². The summed E-state index contributed by atoms with van der Waals surface area (Å²) < 4.78 is 0. The summed E-state index contributed by atoms with van der Waals surface area (Å²) in [7, 11) is 0. The lowest BCUT2D eigenvalue weighted by atomic mass is 9.89. The highest BCUT2D eigenvalue weighted by Crippen LogP contribution is 2.36. The number of benzene rings is 1. The van der Waals surface area contributed by atoms with Crippen LogP contribution in [-0.2, 0) is 0 Å². The summed E-state index contributed by atoms with van der Waals surface area (Å²) in [5, 5.41) is 3.48. The van der Waals surface area contributed by atoms with Crippen molar-refractivity contribution in [3.05, 3.63) is 28.8 Å². The topological polar surface area (TPSA) is 55.1 Å². The van der Waals surface area contributed by atoms with Gasteiger partial charge in [-0.15, -0.1) is 0 Å². The molecule has 18 heavy (non-hydrogen) atoms. The number of carbonyl (C=O) groups excluding carboxylic acids is 1. The lowest BCUT2D eigenvalue weighted by Gasteiger charge is -2.23. The Morgan fingerprint density at radius 1 is 1.39 bits per heavy atom. The SMILES string of the molecule is CC1(CNC(=O)c2cc(N)cc(Cl)c2)CCCC1. The number of rotatable bonds is 3. The van der Waals surface area contributed by atoms with Crippen LogP contribution >= 0.6 is 11.6 Å². The van der Waals surface area contributed by atoms with E-state index in [-0.39, 0.29) is 11.3 Å². The fourth-order valence-electron chi connectivity index (χ4n) is 2.54. The second kappa shape index (κ2) is 5.19. The van der Waals surface area contributed by atoms with Gasteiger partial charge in [-0.05, 0) is 36.5 Å². The van der Waals surface area contributed by atoms with Gasteiger partial charge < -0.3 is 11.1 Å². The number of anilines is 1. The fourth-order valence-corrected chi connectivity index (χ4v) is 2.79. The van der Waals surface area contributed by atoms with Crippen LogP contribution in [0.25, 0.3) is 0 Å². The molecule has 3 nitrogen and oxygen atoms in total. The van der Waals surface area contributed by atoms with Crippen LogP contribution in [0.15, 0.2) is 18.2 Å². The average Bonchev–Trinajstić information content (AvgIpc) is 2.72. The van der Waals surface area contributed by atoms with Crippen LogP contribution in [0.1, 0.15) is 43.0 Å². The Morgan fingerprint density at radius 3 is 2.67 bits per heavy atom. The van der Waals surface area contributed by atoms with E-state index in [1.807, 2.05) is 0 Å². The van der Waals surface area contributed by atoms with Gasteiger partial charge in [0.2, 0.25) is 0 Å². The number of hydrogen-bond donors (Lipinski definition) is 2. The molecule has 0 atom stereocenters. The Hall–Kier alpha value is -1.22. The summed E-state index contributed by atoms with van der Waals surface area (Å²) in [6, 6.07) is 4.93. The van der Waals surface area contributed by atoms with E-state index < -0.39 is 0 Å². The van der Waals surface area contributed by atoms with Crippen molar-refractivity contribution >= 4 is 23.2 Å². The maximum Gasteiger partial charge on any atom is 0.251 e. The zero-order valence-electron chi connectivity index (χ0n) is 10.6. The molecule has 0 radical (unpaired) electrons. The third-order valence-corrected chi connectivity index (χ3v) is 3.89. The van der Waals surface area contributed by atoms with Gasteiger partial charge in [0, 0.05) is 22.8 Å². The van der Waals surface area contributed by atoms with Gasteiger partial charge in [0.05, 0.1) is 0 Å². The predicted octanol–water partition coefficient (Wildman–Crippen LogP) is 3.23. The molecule has 1 fully saturated rings. The van der Waals surface area contributed by atoms with Crippen molar-refractivity contribution in [2.75, 3.05) is 12.3 Å². The van der Waals surface area contributed by atoms with E-state index in [0.717, 1.165) is 6.54 Å². The van der Waals surface area contributed by atoms with Gasteiger partial charge in [-0.3, -0.25) is 4.79 Å². The van der Waals surface area contributed by atoms with Gasteiger partial charge in [0.25, 0.3) is 5.91 Å². The number of carbonyl (C=O) groups is 1. The van der Waals surface area contributed by atoms with Crippen LogP contribution in [0, 0.1) is 5.41 Å². The van der Waals surface area contributed by atoms with Crippen LogP contribution in [-0.4, -0.2) is 12.5 Å². The summed E-state index contributed by atoms with van der Waals surface area (Å²) in [4.78, 5) is 12.0. The highest BCUT2D eigenvalue weighted by Gasteiger charge is 2.28. The molecule has 1 saturated carbocycles. The van der Waals surface area contributed by atoms with Crippen molar-refractivity contribution < 1.29 is 4.79 Å². The van der Waals surface area contributed by atoms with E-state index in [2.05, 4.69) is 12.2 Å². The fraction of sp³-hybridized carbons (Fsp3) is 0.500. The van der Waals surface area contributed by atoms with Crippen LogP contribution in [0.4, 0.5) is 5.69 Å². The molecule has 1 aliphatic carbocycles. The number of halogens is 1. The Balaban J connectivity index is 1.99. The van der Waals surface area contributed by atoms with Crippen LogP contribution < -0.4 is 11.1 Å². The highest BCUT2D eigenvalue weighted by molar-refractivity contribution is 6.31. The first-order valence-corrected chi connectivity index (χ1v) is 6.71. The highest BCUT2D eigenvalue weighted by atomic mass is 35.5. The molecule has 0 aliphatic heterocycles. The van der Waals surface area contributed by atoms with Gasteiger partial charge in [-0.1, -0.05) is 31.4 Å². The molecule has 1 aromatic rings. The normalized spacial score (nSPS) is 17.7. The standard InChI is InChI=1S/C14H19ClN2O/c1-14(4-2-3-5-14)9-17-13(18)10-6-11(15)8-12(16)7-10/h6-8H,2-5,9,16H2,1H3,(H,17,18). The Bertz CT molecular complexity index is 433. The molecule has 1 amide bonds. The summed E-state index contributed by atoms with van der Waals surface area (Å²) in [5.74, 6) is -0.0997. The van der Waals surface area contributed by atoms with E-state index in [1.165, 1.54) is 25.7 Å². The maximum absolute atomic E-state index is 12.0. The number of nitrogen functional groups attached to an aromatic ring is 1. The molecule has 3 N–H and O–H groups in total. The summed E-state index contributed by atoms with van der Waals surface area (Å²) in [6.07, 6.45) is 4.89. The summed E-state index contributed by atoms with van der Waals surface area (Å²) in [6.45, 7) is 2.95. The smallest absolute Gasteiger partial charge is 0.251 e. The first-order valence-electron chi connectivity index (χ1n) is 6.33. The first kappa shape index (κ1) is 13.2. The van der Waals surface area contributed by atoms with Gasteiger partial charge in [0.1, 0.15) is 0 Å². The Labute approximate surface area is 113 Å². The molecular weight excluding hydrogens is 248 g/mol. The molecule has 1 aromatic carbocycles. The van der Waals surface area contributed by atoms with Crippen molar-refractivity contribution in [1.29, 1.82) is 0 Å². The zero-order chi connectivity index (χ0) is 13.2. The Kier molecular flexibility index (Phi) is 3.81. The minimum atomic E-state index is -0.0997. The molecule has 0 heterocycles. The van der Waals surface area contributed by atoms with E-state index in [4.69, 9.17) is 17.3 Å². The third-order valence-electron chi connectivity index (χ3n) is 3.67. The van der Waals surface area contributed by atoms with Crippen molar-refractivity contribution in [3.8, 4) is 0 Å². The number of hydrogen-bond acceptors (Lipinski definition) is 2. The number of amides is 1. The van der Waals surface area contributed by atoms with E-state index >= 15 is 0 Å². The quantitative estimate of drug-likeness (QED) is 0.826. The average molecular weight is 267 g/mol. The largest absolute Gasteiger partial charge is 0.399 e. The van der Waals surface area contributed by atoms with Crippen molar-refractivity contribution in [3.63, 3.8) is 0 Å². The van der Waals surface area contributed by atoms with Gasteiger partial charge in [0.15, 0.2) is 0 Å². The van der Waals surface area contributed by atoms with Crippen molar-refractivity contribution in [2.45, 2.75) is 32.6 Å². The molecule has 0 unspecified atom stereocenters. The van der Waals surface area contributed by atoms with E-state index in [9.17, 15) is 4.79 Å². The molecule has 0 spiro atoms. The predicted molar refractivity (Wildman–Crippen MR) is 74.8 cm³/mol. The minimum Gasteiger partial charge on any atom is -0.399 e. The Morgan fingerprint density at radius 2 is 2.06 bits per heavy atom. The van der Waals surface area contributed by atoms with Crippen LogP contribution in [0.2, 0.25) is 5.02 Å². The van der Waals surface area contributed by atoms with E-state index in [1.54, 1.807) is 18.2 Å². The van der Waals surface area contributed by atoms with Crippen molar-refractivity contribution in [2.24, 2.45) is 5.41 Å². The maximum atomic E-state index is 12.0. The lowest BCUT2D eigenvalue weighted by molar-refractivity contribution is 0.0934. The summed E-state index contributed by atoms with van der Waals surface area (Å²) >= 11 is 5.89. The van der Waals surface area contributed by atoms with Gasteiger partial charge >= 0.3 is 0 Å². The second-order valence-electron chi connectivity index (χ2n) is 5.47. The molecular formula is C14H19ClN2O. The number of nitrogens with one attached hydrogen (secondary N) is 1. The van der Waals surface area contributed by atoms with Crippen molar-refractivity contribution in [1.82, 2.24) is 5.32 Å². The van der Waals surface area contributed by atoms with Gasteiger partial charge in [-0.2, -0.15) is 0 Å². The second-order valence-corrected chi connectivity index (χ2v) is 5.91. The molecule has 2 rings (SSSR count). The molecule has 0 aromatic heterocycles. The molecule has 0 bridgehead atoms. The first-order chi connectivity index (χ1) is 8.48. The summed E-state index contributed by atoms with van der Waals surface area (Å²) in [5.41, 5.74) is 6.97. The zero-order valence-corrected chi connectivity index (χ0v) is 11.4. The minimum absolute atomic E-state index is 0.0997. The lowest BCUT2D eigenvalue weighted by Crippen LogP contribution is -2.34. The van der Waals surface area contributed by atoms with E-state index in [0.29, 0.717) is 16.3 Å².